The molecular weight excluding hydrogens is 397 g/mol. The lowest BCUT2D eigenvalue weighted by molar-refractivity contribution is -0.137. The summed E-state index contributed by atoms with van der Waals surface area (Å²) in [7, 11) is 0. The number of hydrogen-bond acceptors (Lipinski definition) is 6. The van der Waals surface area contributed by atoms with Gasteiger partial charge >= 0.3 is 6.18 Å². The molecular formula is C17H13F3N4OS2. The zero-order chi connectivity index (χ0) is 19.4. The predicted molar refractivity (Wildman–Crippen MR) is 99.7 cm³/mol. The zero-order valence-electron chi connectivity index (χ0n) is 13.7. The quantitative estimate of drug-likeness (QED) is 0.597. The summed E-state index contributed by atoms with van der Waals surface area (Å²) in [5, 5.41) is 10.6. The summed E-state index contributed by atoms with van der Waals surface area (Å²) in [6.07, 6.45) is -4.41. The maximum Gasteiger partial charge on any atom is 0.416 e. The van der Waals surface area contributed by atoms with Crippen LogP contribution < -0.4 is 11.1 Å². The Hall–Kier alpha value is -2.59. The van der Waals surface area contributed by atoms with Gasteiger partial charge in [0.25, 0.3) is 5.91 Å². The number of hydrogen-bond donors (Lipinski definition) is 2. The number of thioether (sulfide) groups is 1. The molecule has 27 heavy (non-hydrogen) atoms. The van der Waals surface area contributed by atoms with Crippen molar-refractivity contribution in [1.82, 2.24) is 10.2 Å². The van der Waals surface area contributed by atoms with Gasteiger partial charge in [0.2, 0.25) is 5.13 Å². The third kappa shape index (κ3) is 5.20. The monoisotopic (exact) mass is 410 g/mol. The van der Waals surface area contributed by atoms with Crippen LogP contribution in [0.3, 0.4) is 0 Å². The van der Waals surface area contributed by atoms with Crippen molar-refractivity contribution >= 4 is 39.8 Å². The molecule has 0 radical (unpaired) electrons. The van der Waals surface area contributed by atoms with Gasteiger partial charge in [0, 0.05) is 17.0 Å². The molecule has 3 N–H and O–H groups in total. The molecule has 1 heterocycles. The topological polar surface area (TPSA) is 80.9 Å². The average Bonchev–Trinajstić information content (AvgIpc) is 3.05. The number of halogens is 3. The lowest BCUT2D eigenvalue weighted by atomic mass is 10.1. The van der Waals surface area contributed by atoms with Gasteiger partial charge < -0.3 is 11.1 Å². The standard InChI is InChI=1S/C17H13F3N4OS2/c18-17(19,20)12-5-7-13(8-6-12)22-14(25)11-3-1-10(2-4-11)9-26-16-24-23-15(21)27-16/h1-8H,9H2,(H2,21,23)(H,22,25). The third-order valence-electron chi connectivity index (χ3n) is 3.47. The number of aromatic nitrogens is 2. The van der Waals surface area contributed by atoms with Crippen LogP contribution in [0.1, 0.15) is 21.5 Å². The molecule has 1 amide bonds. The summed E-state index contributed by atoms with van der Waals surface area (Å²) < 4.78 is 38.4. The Labute approximate surface area is 160 Å². The summed E-state index contributed by atoms with van der Waals surface area (Å²) in [6, 6.07) is 11.2. The molecule has 1 aromatic heterocycles. The second kappa shape index (κ2) is 7.97. The van der Waals surface area contributed by atoms with Gasteiger partial charge in [-0.3, -0.25) is 4.79 Å². The van der Waals surface area contributed by atoms with Crippen LogP contribution in [-0.2, 0) is 11.9 Å². The smallest absolute Gasteiger partial charge is 0.374 e. The molecule has 0 spiro atoms. The van der Waals surface area contributed by atoms with E-state index in [1.165, 1.54) is 35.2 Å². The molecule has 2 aromatic carbocycles. The highest BCUT2D eigenvalue weighted by Crippen LogP contribution is 2.30. The van der Waals surface area contributed by atoms with E-state index < -0.39 is 17.6 Å². The maximum absolute atomic E-state index is 12.6. The Kier molecular flexibility index (Phi) is 5.66. The van der Waals surface area contributed by atoms with Crippen LogP contribution in [0, 0.1) is 0 Å². The average molecular weight is 410 g/mol. The number of rotatable bonds is 5. The fraction of sp³-hybridized carbons (Fsp3) is 0.118. The molecule has 5 nitrogen and oxygen atoms in total. The molecule has 0 aliphatic rings. The van der Waals surface area contributed by atoms with Crippen molar-refractivity contribution in [3.63, 3.8) is 0 Å². The summed E-state index contributed by atoms with van der Waals surface area (Å²) in [4.78, 5) is 12.2. The number of nitrogens with two attached hydrogens (primary N) is 1. The van der Waals surface area contributed by atoms with Crippen molar-refractivity contribution in [2.24, 2.45) is 0 Å². The van der Waals surface area contributed by atoms with Gasteiger partial charge in [0.15, 0.2) is 4.34 Å². The first-order valence-electron chi connectivity index (χ1n) is 7.60. The van der Waals surface area contributed by atoms with E-state index in [0.717, 1.165) is 22.0 Å². The molecule has 0 fully saturated rings. The van der Waals surface area contributed by atoms with E-state index in [0.29, 0.717) is 22.1 Å². The molecule has 0 saturated heterocycles. The molecule has 3 rings (SSSR count). The summed E-state index contributed by atoms with van der Waals surface area (Å²) >= 11 is 2.79. The predicted octanol–water partition coefficient (Wildman–Crippen LogP) is 4.68. The first kappa shape index (κ1) is 19.2. The fourth-order valence-electron chi connectivity index (χ4n) is 2.12. The van der Waals surface area contributed by atoms with E-state index in [4.69, 9.17) is 5.73 Å². The largest absolute Gasteiger partial charge is 0.416 e. The van der Waals surface area contributed by atoms with Gasteiger partial charge in [-0.05, 0) is 42.0 Å². The lowest BCUT2D eigenvalue weighted by Gasteiger charge is -2.09. The van der Waals surface area contributed by atoms with Gasteiger partial charge in [0.05, 0.1) is 5.56 Å². The lowest BCUT2D eigenvalue weighted by Crippen LogP contribution is -2.12. The Morgan fingerprint density at radius 1 is 1.07 bits per heavy atom. The van der Waals surface area contributed by atoms with Crippen LogP contribution in [0.15, 0.2) is 52.9 Å². The number of nitrogen functional groups attached to an aromatic ring is 1. The SMILES string of the molecule is Nc1nnc(SCc2ccc(C(=O)Nc3ccc(C(F)(F)F)cc3)cc2)s1. The van der Waals surface area contributed by atoms with E-state index in [1.54, 1.807) is 24.3 Å². The van der Waals surface area contributed by atoms with Crippen LogP contribution >= 0.6 is 23.1 Å². The zero-order valence-corrected chi connectivity index (χ0v) is 15.3. The van der Waals surface area contributed by atoms with Crippen LogP contribution in [0.4, 0.5) is 24.0 Å². The van der Waals surface area contributed by atoms with Crippen LogP contribution in [0.2, 0.25) is 0 Å². The van der Waals surface area contributed by atoms with Crippen LogP contribution in [-0.4, -0.2) is 16.1 Å². The summed E-state index contributed by atoms with van der Waals surface area (Å²) in [6.45, 7) is 0. The number of benzene rings is 2. The van der Waals surface area contributed by atoms with Gasteiger partial charge in [0.1, 0.15) is 0 Å². The van der Waals surface area contributed by atoms with E-state index in [1.807, 2.05) is 0 Å². The van der Waals surface area contributed by atoms with Gasteiger partial charge in [-0.1, -0.05) is 35.2 Å². The van der Waals surface area contributed by atoms with Gasteiger partial charge in [-0.2, -0.15) is 13.2 Å². The highest BCUT2D eigenvalue weighted by Gasteiger charge is 2.29. The first-order chi connectivity index (χ1) is 12.8. The Bertz CT molecular complexity index is 925. The van der Waals surface area contributed by atoms with E-state index in [-0.39, 0.29) is 0 Å². The van der Waals surface area contributed by atoms with E-state index in [9.17, 15) is 18.0 Å². The minimum absolute atomic E-state index is 0.293. The number of amides is 1. The van der Waals surface area contributed by atoms with Gasteiger partial charge in [-0.15, -0.1) is 10.2 Å². The highest BCUT2D eigenvalue weighted by atomic mass is 32.2. The van der Waals surface area contributed by atoms with Crippen molar-refractivity contribution in [2.45, 2.75) is 16.3 Å². The second-order valence-electron chi connectivity index (χ2n) is 5.42. The number of nitrogens with one attached hydrogen (secondary N) is 1. The molecule has 10 heteroatoms. The maximum atomic E-state index is 12.6. The van der Waals surface area contributed by atoms with Gasteiger partial charge in [-0.25, -0.2) is 0 Å². The first-order valence-corrected chi connectivity index (χ1v) is 9.41. The van der Waals surface area contributed by atoms with E-state index in [2.05, 4.69) is 15.5 Å². The Morgan fingerprint density at radius 3 is 2.30 bits per heavy atom. The normalized spacial score (nSPS) is 11.4. The van der Waals surface area contributed by atoms with Crippen molar-refractivity contribution < 1.29 is 18.0 Å². The van der Waals surface area contributed by atoms with Crippen molar-refractivity contribution in [1.29, 1.82) is 0 Å². The number of nitrogens with zero attached hydrogens (tertiary/aromatic N) is 2. The van der Waals surface area contributed by atoms with Crippen molar-refractivity contribution in [2.75, 3.05) is 11.1 Å². The molecule has 0 aliphatic carbocycles. The fourth-order valence-corrected chi connectivity index (χ4v) is 3.71. The van der Waals surface area contributed by atoms with Crippen molar-refractivity contribution in [3.05, 3.63) is 65.2 Å². The highest BCUT2D eigenvalue weighted by molar-refractivity contribution is 8.00. The molecule has 0 atom stereocenters. The number of alkyl halides is 3. The number of carbonyl (C=O) groups excluding carboxylic acids is 1. The number of anilines is 2. The van der Waals surface area contributed by atoms with E-state index >= 15 is 0 Å². The Morgan fingerprint density at radius 2 is 1.74 bits per heavy atom. The van der Waals surface area contributed by atoms with Crippen molar-refractivity contribution in [3.8, 4) is 0 Å². The molecule has 0 bridgehead atoms. The summed E-state index contributed by atoms with van der Waals surface area (Å²) in [5.41, 5.74) is 6.45. The summed E-state index contributed by atoms with van der Waals surface area (Å²) in [5.74, 6) is 0.251. The minimum atomic E-state index is -4.41. The molecule has 0 aliphatic heterocycles. The Balaban J connectivity index is 1.58. The molecule has 0 unspecified atom stereocenters. The molecule has 3 aromatic rings. The van der Waals surface area contributed by atoms with Crippen LogP contribution in [0.5, 0.6) is 0 Å². The molecule has 140 valence electrons. The third-order valence-corrected chi connectivity index (χ3v) is 5.43. The molecule has 0 saturated carbocycles. The minimum Gasteiger partial charge on any atom is -0.374 e. The number of carbonyl (C=O) groups is 1. The second-order valence-corrected chi connectivity index (χ2v) is 7.65. The van der Waals surface area contributed by atoms with Crippen LogP contribution in [0.25, 0.3) is 0 Å².